The number of methoxy groups -OCH3 is 1. The number of hydrogen-bond donors (Lipinski definition) is 0. The van der Waals surface area contributed by atoms with Gasteiger partial charge in [-0.05, 0) is 25.2 Å². The van der Waals surface area contributed by atoms with Crippen LogP contribution >= 0.6 is 0 Å². The zero-order valence-corrected chi connectivity index (χ0v) is 7.97. The maximum Gasteiger partial charge on any atom is 0.0496 e. The van der Waals surface area contributed by atoms with E-state index in [1.807, 2.05) is 0 Å². The zero-order chi connectivity index (χ0) is 8.53. The molecule has 0 aliphatic rings. The lowest BCUT2D eigenvalue weighted by molar-refractivity contribution is 0.204. The third-order valence-electron chi connectivity index (χ3n) is 1.57. The maximum atomic E-state index is 4.92. The molecule has 0 saturated heterocycles. The Bertz CT molecular complexity index is 95.0. The molecule has 1 nitrogen and oxygen atoms in total. The molecule has 11 heavy (non-hydrogen) atoms. The van der Waals surface area contributed by atoms with E-state index in [4.69, 9.17) is 4.74 Å². The van der Waals surface area contributed by atoms with E-state index in [9.17, 15) is 0 Å². The molecule has 0 unspecified atom stereocenters. The highest BCUT2D eigenvalue weighted by molar-refractivity contribution is 4.81. The van der Waals surface area contributed by atoms with Gasteiger partial charge in [0.05, 0.1) is 0 Å². The van der Waals surface area contributed by atoms with Crippen LogP contribution in [0.15, 0.2) is 12.2 Å². The molecule has 1 heteroatoms. The molecule has 0 amide bonds. The van der Waals surface area contributed by atoms with Crippen molar-refractivity contribution in [1.82, 2.24) is 0 Å². The summed E-state index contributed by atoms with van der Waals surface area (Å²) in [6.45, 7) is 5.35. The highest BCUT2D eigenvalue weighted by Crippen LogP contribution is 2.03. The lowest BCUT2D eigenvalue weighted by atomic mass is 10.1. The Morgan fingerprint density at radius 1 is 1.18 bits per heavy atom. The molecular weight excluding hydrogens is 136 g/mol. The summed E-state index contributed by atoms with van der Waals surface area (Å²) in [5.74, 6) is 0.821. The molecular formula is C10H20O. The van der Waals surface area contributed by atoms with Gasteiger partial charge in [-0.2, -0.15) is 0 Å². The first-order valence-corrected chi connectivity index (χ1v) is 4.41. The molecule has 0 radical (unpaired) electrons. The molecule has 0 rings (SSSR count). The fourth-order valence-corrected chi connectivity index (χ4v) is 0.851. The molecule has 0 atom stereocenters. The Balaban J connectivity index is 3.03. The largest absolute Gasteiger partial charge is 0.384 e. The van der Waals surface area contributed by atoms with Crippen LogP contribution in [0.3, 0.4) is 0 Å². The fourth-order valence-electron chi connectivity index (χ4n) is 0.851. The Labute approximate surface area is 70.4 Å². The van der Waals surface area contributed by atoms with Crippen LogP contribution in [0.1, 0.15) is 33.1 Å². The van der Waals surface area contributed by atoms with Crippen molar-refractivity contribution in [2.75, 3.05) is 13.7 Å². The van der Waals surface area contributed by atoms with E-state index in [0.717, 1.165) is 18.9 Å². The molecule has 0 saturated carbocycles. The lowest BCUT2D eigenvalue weighted by Crippen LogP contribution is -1.85. The first kappa shape index (κ1) is 10.7. The molecule has 0 aromatic heterocycles. The molecule has 0 bridgehead atoms. The Morgan fingerprint density at radius 2 is 1.82 bits per heavy atom. The zero-order valence-electron chi connectivity index (χ0n) is 7.97. The molecule has 0 aromatic rings. The summed E-state index contributed by atoms with van der Waals surface area (Å²) in [5.41, 5.74) is 0. The summed E-state index contributed by atoms with van der Waals surface area (Å²) in [7, 11) is 1.74. The molecule has 66 valence electrons. The summed E-state index contributed by atoms with van der Waals surface area (Å²) in [4.78, 5) is 0. The fraction of sp³-hybridized carbons (Fsp3) is 0.800. The van der Waals surface area contributed by atoms with Crippen molar-refractivity contribution in [3.8, 4) is 0 Å². The Hall–Kier alpha value is -0.300. The van der Waals surface area contributed by atoms with Gasteiger partial charge in [0.2, 0.25) is 0 Å². The SMILES string of the molecule is COCC/C=C/CCC(C)C. The van der Waals surface area contributed by atoms with Gasteiger partial charge in [-0.15, -0.1) is 0 Å². The molecule has 0 aliphatic carbocycles. The summed E-state index contributed by atoms with van der Waals surface area (Å²) >= 11 is 0. The van der Waals surface area contributed by atoms with E-state index < -0.39 is 0 Å². The number of allylic oxidation sites excluding steroid dienone is 1. The van der Waals surface area contributed by atoms with E-state index in [0.29, 0.717) is 0 Å². The van der Waals surface area contributed by atoms with Crippen molar-refractivity contribution in [3.63, 3.8) is 0 Å². The van der Waals surface area contributed by atoms with Crippen LogP contribution in [0, 0.1) is 5.92 Å². The van der Waals surface area contributed by atoms with Crippen molar-refractivity contribution in [2.24, 2.45) is 5.92 Å². The third kappa shape index (κ3) is 9.70. The second kappa shape index (κ2) is 7.80. The number of ether oxygens (including phenoxy) is 1. The lowest BCUT2D eigenvalue weighted by Gasteiger charge is -1.98. The van der Waals surface area contributed by atoms with Crippen molar-refractivity contribution in [3.05, 3.63) is 12.2 Å². The van der Waals surface area contributed by atoms with E-state index in [1.165, 1.54) is 12.8 Å². The van der Waals surface area contributed by atoms with Crippen LogP contribution < -0.4 is 0 Å². The minimum absolute atomic E-state index is 0.821. The van der Waals surface area contributed by atoms with Gasteiger partial charge < -0.3 is 4.74 Å². The molecule has 0 spiro atoms. The van der Waals surface area contributed by atoms with Gasteiger partial charge in [-0.25, -0.2) is 0 Å². The maximum absolute atomic E-state index is 4.92. The number of rotatable bonds is 6. The van der Waals surface area contributed by atoms with Gasteiger partial charge in [-0.3, -0.25) is 0 Å². The predicted octanol–water partition coefficient (Wildman–Crippen LogP) is 3.02. The summed E-state index contributed by atoms with van der Waals surface area (Å²) < 4.78 is 4.92. The van der Waals surface area contributed by atoms with Crippen LogP contribution in [0.5, 0.6) is 0 Å². The van der Waals surface area contributed by atoms with Gasteiger partial charge in [0.25, 0.3) is 0 Å². The quantitative estimate of drug-likeness (QED) is 0.424. The van der Waals surface area contributed by atoms with Crippen LogP contribution in [-0.2, 0) is 4.74 Å². The van der Waals surface area contributed by atoms with Crippen molar-refractivity contribution in [2.45, 2.75) is 33.1 Å². The molecule has 0 N–H and O–H groups in total. The molecule has 0 aromatic carbocycles. The van der Waals surface area contributed by atoms with Gasteiger partial charge in [0.1, 0.15) is 0 Å². The predicted molar refractivity (Wildman–Crippen MR) is 49.7 cm³/mol. The normalized spacial score (nSPS) is 11.6. The second-order valence-corrected chi connectivity index (χ2v) is 3.22. The molecule has 0 heterocycles. The summed E-state index contributed by atoms with van der Waals surface area (Å²) in [6.07, 6.45) is 8.00. The minimum Gasteiger partial charge on any atom is -0.384 e. The average molecular weight is 156 g/mol. The monoisotopic (exact) mass is 156 g/mol. The Kier molecular flexibility index (Phi) is 7.59. The van der Waals surface area contributed by atoms with Crippen LogP contribution in [-0.4, -0.2) is 13.7 Å². The van der Waals surface area contributed by atoms with Crippen molar-refractivity contribution in [1.29, 1.82) is 0 Å². The van der Waals surface area contributed by atoms with Crippen LogP contribution in [0.25, 0.3) is 0 Å². The van der Waals surface area contributed by atoms with E-state index in [-0.39, 0.29) is 0 Å². The van der Waals surface area contributed by atoms with Crippen molar-refractivity contribution < 1.29 is 4.74 Å². The highest BCUT2D eigenvalue weighted by atomic mass is 16.5. The van der Waals surface area contributed by atoms with E-state index in [2.05, 4.69) is 26.0 Å². The van der Waals surface area contributed by atoms with Gasteiger partial charge in [-0.1, -0.05) is 26.0 Å². The van der Waals surface area contributed by atoms with Crippen LogP contribution in [0.4, 0.5) is 0 Å². The average Bonchev–Trinajstić information content (AvgIpc) is 1.96. The van der Waals surface area contributed by atoms with Gasteiger partial charge >= 0.3 is 0 Å². The van der Waals surface area contributed by atoms with Gasteiger partial charge in [0, 0.05) is 13.7 Å². The minimum atomic E-state index is 0.821. The smallest absolute Gasteiger partial charge is 0.0496 e. The van der Waals surface area contributed by atoms with Crippen LogP contribution in [0.2, 0.25) is 0 Å². The Morgan fingerprint density at radius 3 is 2.36 bits per heavy atom. The van der Waals surface area contributed by atoms with Crippen molar-refractivity contribution >= 4 is 0 Å². The third-order valence-corrected chi connectivity index (χ3v) is 1.57. The first-order valence-electron chi connectivity index (χ1n) is 4.41. The molecule has 0 aliphatic heterocycles. The summed E-state index contributed by atoms with van der Waals surface area (Å²) in [6, 6.07) is 0. The topological polar surface area (TPSA) is 9.23 Å². The number of hydrogen-bond acceptors (Lipinski definition) is 1. The standard InChI is InChI=1S/C10H20O/c1-10(2)8-6-4-5-7-9-11-3/h4-5,10H,6-9H2,1-3H3/b5-4+. The highest BCUT2D eigenvalue weighted by Gasteiger charge is 1.88. The van der Waals surface area contributed by atoms with E-state index >= 15 is 0 Å². The van der Waals surface area contributed by atoms with Gasteiger partial charge in [0.15, 0.2) is 0 Å². The second-order valence-electron chi connectivity index (χ2n) is 3.22. The first-order chi connectivity index (χ1) is 5.27. The summed E-state index contributed by atoms with van der Waals surface area (Å²) in [5, 5.41) is 0. The van der Waals surface area contributed by atoms with E-state index in [1.54, 1.807) is 7.11 Å². The molecule has 0 fully saturated rings.